The predicted molar refractivity (Wildman–Crippen MR) is 98.4 cm³/mol. The summed E-state index contributed by atoms with van der Waals surface area (Å²) >= 11 is 0. The third kappa shape index (κ3) is 3.87. The Kier molecular flexibility index (Phi) is 4.57. The molecule has 0 bridgehead atoms. The van der Waals surface area contributed by atoms with Crippen LogP contribution in [0.15, 0.2) is 66.7 Å². The minimum absolute atomic E-state index is 0.691. The topological polar surface area (TPSA) is 12.9 Å². The van der Waals surface area contributed by atoms with Gasteiger partial charge in [-0.15, -0.1) is 0 Å². The monoisotopic (exact) mass is 301 g/mol. The molecule has 0 aliphatic heterocycles. The van der Waals surface area contributed by atoms with Crippen molar-refractivity contribution in [3.05, 3.63) is 78.0 Å². The van der Waals surface area contributed by atoms with Gasteiger partial charge in [0.2, 0.25) is 0 Å². The lowest BCUT2D eigenvalue weighted by Crippen LogP contribution is -1.93. The van der Waals surface area contributed by atoms with E-state index in [-0.39, 0.29) is 0 Å². The third-order valence-corrected chi connectivity index (χ3v) is 3.98. The molecular formula is C22H23N. The van der Waals surface area contributed by atoms with Gasteiger partial charge in [-0.2, -0.15) is 0 Å². The fraction of sp³-hybridized carbons (Fsp3) is 0.227. The van der Waals surface area contributed by atoms with Crippen LogP contribution in [0.3, 0.4) is 0 Å². The van der Waals surface area contributed by atoms with Crippen molar-refractivity contribution in [2.45, 2.75) is 27.2 Å². The number of pyridine rings is 1. The average Bonchev–Trinajstić information content (AvgIpc) is 2.55. The zero-order chi connectivity index (χ0) is 16.2. The lowest BCUT2D eigenvalue weighted by molar-refractivity contribution is 0.647. The van der Waals surface area contributed by atoms with E-state index in [1.165, 1.54) is 16.7 Å². The van der Waals surface area contributed by atoms with Gasteiger partial charge in [0.15, 0.2) is 0 Å². The van der Waals surface area contributed by atoms with E-state index in [0.29, 0.717) is 5.92 Å². The molecule has 0 spiro atoms. The van der Waals surface area contributed by atoms with Crippen molar-refractivity contribution >= 4 is 0 Å². The first-order chi connectivity index (χ1) is 11.1. The van der Waals surface area contributed by atoms with E-state index in [0.717, 1.165) is 23.4 Å². The number of aryl methyl sites for hydroxylation is 1. The molecule has 0 saturated heterocycles. The summed E-state index contributed by atoms with van der Waals surface area (Å²) < 4.78 is 0. The van der Waals surface area contributed by atoms with Gasteiger partial charge in [0, 0.05) is 11.3 Å². The second-order valence-corrected chi connectivity index (χ2v) is 6.54. The fourth-order valence-electron chi connectivity index (χ4n) is 2.87. The number of nitrogens with zero attached hydrogens (tertiary/aromatic N) is 1. The Labute approximate surface area is 139 Å². The number of rotatable bonds is 4. The Hall–Kier alpha value is -2.41. The summed E-state index contributed by atoms with van der Waals surface area (Å²) in [6, 6.07) is 23.7. The Bertz CT molecular complexity index is 785. The standard InChI is InChI=1S/C22H23N/c1-16(2)14-18-10-12-19(13-11-18)20-7-5-8-21(15-20)22-9-4-6-17(3)23-22/h4-13,15-16H,14H2,1-3H3. The summed E-state index contributed by atoms with van der Waals surface area (Å²) in [5, 5.41) is 0. The van der Waals surface area contributed by atoms with Gasteiger partial charge >= 0.3 is 0 Å². The molecule has 1 heteroatoms. The summed E-state index contributed by atoms with van der Waals surface area (Å²) in [6.45, 7) is 6.54. The summed E-state index contributed by atoms with van der Waals surface area (Å²) in [5.41, 5.74) is 7.14. The van der Waals surface area contributed by atoms with Gasteiger partial charge in [-0.1, -0.05) is 62.4 Å². The van der Waals surface area contributed by atoms with Gasteiger partial charge in [0.1, 0.15) is 0 Å². The maximum atomic E-state index is 4.62. The minimum Gasteiger partial charge on any atom is -0.253 e. The second kappa shape index (κ2) is 6.78. The Morgan fingerprint density at radius 3 is 2.17 bits per heavy atom. The highest BCUT2D eigenvalue weighted by molar-refractivity contribution is 5.71. The van der Waals surface area contributed by atoms with Gasteiger partial charge in [0.25, 0.3) is 0 Å². The third-order valence-electron chi connectivity index (χ3n) is 3.98. The second-order valence-electron chi connectivity index (χ2n) is 6.54. The molecule has 3 aromatic rings. The van der Waals surface area contributed by atoms with E-state index >= 15 is 0 Å². The molecule has 0 amide bonds. The van der Waals surface area contributed by atoms with Crippen LogP contribution in [0, 0.1) is 12.8 Å². The molecule has 1 nitrogen and oxygen atoms in total. The van der Waals surface area contributed by atoms with Crippen molar-refractivity contribution in [1.29, 1.82) is 0 Å². The van der Waals surface area contributed by atoms with Crippen molar-refractivity contribution in [3.8, 4) is 22.4 Å². The number of hydrogen-bond acceptors (Lipinski definition) is 1. The van der Waals surface area contributed by atoms with Gasteiger partial charge < -0.3 is 0 Å². The zero-order valence-corrected chi connectivity index (χ0v) is 14.1. The van der Waals surface area contributed by atoms with Crippen LogP contribution < -0.4 is 0 Å². The summed E-state index contributed by atoms with van der Waals surface area (Å²) in [6.07, 6.45) is 1.13. The summed E-state index contributed by atoms with van der Waals surface area (Å²) in [5.74, 6) is 0.691. The van der Waals surface area contributed by atoms with Crippen molar-refractivity contribution in [1.82, 2.24) is 4.98 Å². The maximum absolute atomic E-state index is 4.62. The molecule has 0 fully saturated rings. The van der Waals surface area contributed by atoms with Crippen molar-refractivity contribution in [3.63, 3.8) is 0 Å². The Morgan fingerprint density at radius 2 is 1.48 bits per heavy atom. The molecule has 0 saturated carbocycles. The highest BCUT2D eigenvalue weighted by Gasteiger charge is 2.04. The number of aromatic nitrogens is 1. The average molecular weight is 301 g/mol. The van der Waals surface area contributed by atoms with Crippen LogP contribution in [-0.4, -0.2) is 4.98 Å². The summed E-state index contributed by atoms with van der Waals surface area (Å²) in [7, 11) is 0. The molecule has 1 aromatic heterocycles. The zero-order valence-electron chi connectivity index (χ0n) is 14.1. The van der Waals surface area contributed by atoms with E-state index in [1.807, 2.05) is 13.0 Å². The smallest absolute Gasteiger partial charge is 0.0705 e. The maximum Gasteiger partial charge on any atom is 0.0705 e. The first-order valence-corrected chi connectivity index (χ1v) is 8.25. The largest absolute Gasteiger partial charge is 0.253 e. The van der Waals surface area contributed by atoms with E-state index in [2.05, 4.69) is 79.5 Å². The summed E-state index contributed by atoms with van der Waals surface area (Å²) in [4.78, 5) is 4.62. The Morgan fingerprint density at radius 1 is 0.783 bits per heavy atom. The van der Waals surface area contributed by atoms with Gasteiger partial charge in [-0.25, -0.2) is 0 Å². The van der Waals surface area contributed by atoms with Crippen LogP contribution in [0.5, 0.6) is 0 Å². The fourth-order valence-corrected chi connectivity index (χ4v) is 2.87. The van der Waals surface area contributed by atoms with Crippen LogP contribution in [0.4, 0.5) is 0 Å². The van der Waals surface area contributed by atoms with Crippen molar-refractivity contribution < 1.29 is 0 Å². The number of benzene rings is 2. The van der Waals surface area contributed by atoms with Crippen LogP contribution in [-0.2, 0) is 6.42 Å². The quantitative estimate of drug-likeness (QED) is 0.582. The van der Waals surface area contributed by atoms with Gasteiger partial charge in [-0.3, -0.25) is 4.98 Å². The van der Waals surface area contributed by atoms with Crippen molar-refractivity contribution in [2.75, 3.05) is 0 Å². The van der Waals surface area contributed by atoms with Gasteiger partial charge in [-0.05, 0) is 54.2 Å². The van der Waals surface area contributed by atoms with E-state index in [9.17, 15) is 0 Å². The van der Waals surface area contributed by atoms with Gasteiger partial charge in [0.05, 0.1) is 5.69 Å². The molecule has 116 valence electrons. The van der Waals surface area contributed by atoms with Crippen LogP contribution in [0.2, 0.25) is 0 Å². The predicted octanol–water partition coefficient (Wildman–Crippen LogP) is 5.92. The lowest BCUT2D eigenvalue weighted by atomic mass is 9.98. The normalized spacial score (nSPS) is 11.0. The molecule has 0 N–H and O–H groups in total. The Balaban J connectivity index is 1.90. The first-order valence-electron chi connectivity index (χ1n) is 8.25. The molecule has 0 radical (unpaired) electrons. The van der Waals surface area contributed by atoms with E-state index in [4.69, 9.17) is 0 Å². The van der Waals surface area contributed by atoms with Crippen LogP contribution in [0.1, 0.15) is 25.1 Å². The molecule has 1 heterocycles. The highest BCUT2D eigenvalue weighted by atomic mass is 14.7. The SMILES string of the molecule is Cc1cccc(-c2cccc(-c3ccc(CC(C)C)cc3)c2)n1. The minimum atomic E-state index is 0.691. The number of hydrogen-bond donors (Lipinski definition) is 0. The van der Waals surface area contributed by atoms with Crippen LogP contribution in [0.25, 0.3) is 22.4 Å². The molecule has 0 aliphatic rings. The molecule has 3 rings (SSSR count). The van der Waals surface area contributed by atoms with E-state index < -0.39 is 0 Å². The lowest BCUT2D eigenvalue weighted by Gasteiger charge is -2.08. The van der Waals surface area contributed by atoms with Crippen LogP contribution >= 0.6 is 0 Å². The van der Waals surface area contributed by atoms with E-state index in [1.54, 1.807) is 0 Å². The molecule has 2 aromatic carbocycles. The molecule has 23 heavy (non-hydrogen) atoms. The molecule has 0 atom stereocenters. The van der Waals surface area contributed by atoms with Crippen molar-refractivity contribution in [2.24, 2.45) is 5.92 Å². The molecule has 0 unspecified atom stereocenters. The molecular weight excluding hydrogens is 278 g/mol. The molecule has 0 aliphatic carbocycles. The first kappa shape index (κ1) is 15.5. The highest BCUT2D eigenvalue weighted by Crippen LogP contribution is 2.26.